The Morgan fingerprint density at radius 3 is 2.59 bits per heavy atom. The Morgan fingerprint density at radius 1 is 1.21 bits per heavy atom. The predicted molar refractivity (Wildman–Crippen MR) is 111 cm³/mol. The molecule has 2 aromatic rings. The minimum absolute atomic E-state index is 0.0165. The van der Waals surface area contributed by atoms with E-state index in [1.807, 2.05) is 36.1 Å². The molecule has 1 saturated heterocycles. The van der Waals surface area contributed by atoms with E-state index >= 15 is 0 Å². The van der Waals surface area contributed by atoms with Crippen LogP contribution in [-0.4, -0.2) is 30.0 Å². The summed E-state index contributed by atoms with van der Waals surface area (Å²) >= 11 is 1.47. The van der Waals surface area contributed by atoms with Gasteiger partial charge in [-0.3, -0.25) is 9.69 Å². The van der Waals surface area contributed by atoms with Gasteiger partial charge < -0.3 is 9.64 Å². The molecule has 1 fully saturated rings. The Balaban J connectivity index is 1.61. The molecule has 0 unspecified atom stereocenters. The highest BCUT2D eigenvalue weighted by molar-refractivity contribution is 8.03. The molecular formula is C22H20FN3O2S. The third-order valence-electron chi connectivity index (χ3n) is 5.08. The van der Waals surface area contributed by atoms with Crippen LogP contribution >= 0.6 is 11.8 Å². The number of rotatable bonds is 4. The van der Waals surface area contributed by atoms with Crippen molar-refractivity contribution in [3.8, 4) is 11.8 Å². The van der Waals surface area contributed by atoms with Crippen LogP contribution < -0.4 is 9.64 Å². The lowest BCUT2D eigenvalue weighted by Crippen LogP contribution is -2.47. The number of hydrogen-bond donors (Lipinski definition) is 0. The monoisotopic (exact) mass is 409 g/mol. The number of anilines is 1. The maximum atomic E-state index is 13.2. The quantitative estimate of drug-likeness (QED) is 0.747. The average Bonchev–Trinajstić information content (AvgIpc) is 2.75. The summed E-state index contributed by atoms with van der Waals surface area (Å²) in [5, 5.41) is 10.6. The maximum Gasteiger partial charge on any atom is 0.229 e. The van der Waals surface area contributed by atoms with E-state index in [1.165, 1.54) is 23.9 Å². The number of halogens is 1. The topological polar surface area (TPSA) is 56.6 Å². The van der Waals surface area contributed by atoms with Gasteiger partial charge in [0.25, 0.3) is 0 Å². The van der Waals surface area contributed by atoms with Crippen LogP contribution in [0.3, 0.4) is 0 Å². The van der Waals surface area contributed by atoms with E-state index < -0.39 is 0 Å². The highest BCUT2D eigenvalue weighted by Gasteiger charge is 2.38. The van der Waals surface area contributed by atoms with Crippen molar-refractivity contribution in [3.05, 3.63) is 70.5 Å². The zero-order valence-electron chi connectivity index (χ0n) is 16.0. The molecule has 29 heavy (non-hydrogen) atoms. The van der Waals surface area contributed by atoms with Gasteiger partial charge in [0.1, 0.15) is 11.6 Å². The molecule has 2 aliphatic rings. The molecule has 0 saturated carbocycles. The minimum Gasteiger partial charge on any atom is -0.494 e. The Morgan fingerprint density at radius 2 is 1.93 bits per heavy atom. The van der Waals surface area contributed by atoms with Crippen molar-refractivity contribution in [2.45, 2.75) is 19.3 Å². The molecule has 4 rings (SSSR count). The molecule has 0 spiro atoms. The molecule has 148 valence electrons. The highest BCUT2D eigenvalue weighted by atomic mass is 32.2. The Labute approximate surface area is 173 Å². The number of carbonyl (C=O) groups excluding carboxylic acids is 1. The van der Waals surface area contributed by atoms with Crippen molar-refractivity contribution in [1.29, 1.82) is 5.26 Å². The molecule has 0 N–H and O–H groups in total. The van der Waals surface area contributed by atoms with Gasteiger partial charge in [0.15, 0.2) is 0 Å². The summed E-state index contributed by atoms with van der Waals surface area (Å²) in [6.45, 7) is 2.87. The van der Waals surface area contributed by atoms with Crippen LogP contribution in [0.2, 0.25) is 0 Å². The van der Waals surface area contributed by atoms with Crippen molar-refractivity contribution in [3.63, 3.8) is 0 Å². The molecule has 0 aromatic heterocycles. The largest absolute Gasteiger partial charge is 0.494 e. The molecule has 1 amide bonds. The van der Waals surface area contributed by atoms with Gasteiger partial charge in [-0.25, -0.2) is 4.39 Å². The number of carbonyl (C=O) groups is 1. The van der Waals surface area contributed by atoms with Gasteiger partial charge in [0.2, 0.25) is 5.91 Å². The lowest BCUT2D eigenvalue weighted by molar-refractivity contribution is -0.129. The van der Waals surface area contributed by atoms with Crippen LogP contribution in [0.5, 0.6) is 5.75 Å². The first kappa shape index (κ1) is 19.3. The fourth-order valence-electron chi connectivity index (χ4n) is 3.63. The van der Waals surface area contributed by atoms with E-state index in [0.29, 0.717) is 24.7 Å². The average molecular weight is 409 g/mol. The summed E-state index contributed by atoms with van der Waals surface area (Å²) < 4.78 is 18.7. The van der Waals surface area contributed by atoms with Crippen LogP contribution in [-0.2, 0) is 4.79 Å². The van der Waals surface area contributed by atoms with E-state index in [0.717, 1.165) is 22.0 Å². The van der Waals surface area contributed by atoms with Crippen molar-refractivity contribution in [1.82, 2.24) is 4.90 Å². The van der Waals surface area contributed by atoms with Gasteiger partial charge in [0, 0.05) is 18.0 Å². The fraction of sp³-hybridized carbons (Fsp3) is 0.273. The SMILES string of the molecule is CCOc1ccc([C@@H]2CC(=O)N3CN(c4ccc(F)cc4)CSC3=C2C#N)cc1. The predicted octanol–water partition coefficient (Wildman–Crippen LogP) is 4.44. The first-order chi connectivity index (χ1) is 14.1. The second kappa shape index (κ2) is 8.18. The number of ether oxygens (including phenoxy) is 1. The Bertz CT molecular complexity index is 983. The van der Waals surface area contributed by atoms with Gasteiger partial charge in [-0.15, -0.1) is 0 Å². The van der Waals surface area contributed by atoms with Crippen molar-refractivity contribution in [2.75, 3.05) is 24.1 Å². The molecule has 2 aliphatic heterocycles. The van der Waals surface area contributed by atoms with Gasteiger partial charge >= 0.3 is 0 Å². The molecular weight excluding hydrogens is 389 g/mol. The number of thioether (sulfide) groups is 1. The summed E-state index contributed by atoms with van der Waals surface area (Å²) in [7, 11) is 0. The maximum absolute atomic E-state index is 13.2. The van der Waals surface area contributed by atoms with Crippen LogP contribution in [0.15, 0.2) is 59.1 Å². The second-order valence-corrected chi connectivity index (χ2v) is 7.78. The summed E-state index contributed by atoms with van der Waals surface area (Å²) in [5.74, 6) is 0.800. The number of benzene rings is 2. The van der Waals surface area contributed by atoms with E-state index in [-0.39, 0.29) is 24.1 Å². The number of nitriles is 1. The van der Waals surface area contributed by atoms with Crippen LogP contribution in [0.25, 0.3) is 0 Å². The van der Waals surface area contributed by atoms with Crippen LogP contribution in [0.4, 0.5) is 10.1 Å². The van der Waals surface area contributed by atoms with Gasteiger partial charge in [-0.05, 0) is 48.9 Å². The first-order valence-electron chi connectivity index (χ1n) is 9.41. The lowest BCUT2D eigenvalue weighted by atomic mass is 9.86. The van der Waals surface area contributed by atoms with Crippen molar-refractivity contribution in [2.24, 2.45) is 0 Å². The number of amides is 1. The van der Waals surface area contributed by atoms with Crippen molar-refractivity contribution >= 4 is 23.4 Å². The molecule has 5 nitrogen and oxygen atoms in total. The molecule has 2 heterocycles. The van der Waals surface area contributed by atoms with Crippen molar-refractivity contribution < 1.29 is 13.9 Å². The minimum atomic E-state index is -0.294. The molecule has 2 aromatic carbocycles. The Hall–Kier alpha value is -2.98. The van der Waals surface area contributed by atoms with Gasteiger partial charge in [-0.1, -0.05) is 23.9 Å². The molecule has 0 radical (unpaired) electrons. The number of allylic oxidation sites excluding steroid dienone is 1. The second-order valence-electron chi connectivity index (χ2n) is 6.84. The third kappa shape index (κ3) is 3.81. The van der Waals surface area contributed by atoms with E-state index in [2.05, 4.69) is 6.07 Å². The van der Waals surface area contributed by atoms with Gasteiger partial charge in [-0.2, -0.15) is 5.26 Å². The number of nitrogens with zero attached hydrogens (tertiary/aromatic N) is 3. The van der Waals surface area contributed by atoms with E-state index in [1.54, 1.807) is 17.0 Å². The van der Waals surface area contributed by atoms with Crippen LogP contribution in [0.1, 0.15) is 24.8 Å². The summed E-state index contributed by atoms with van der Waals surface area (Å²) in [6.07, 6.45) is 0.248. The number of hydrogen-bond acceptors (Lipinski definition) is 5. The van der Waals surface area contributed by atoms with E-state index in [9.17, 15) is 14.4 Å². The van der Waals surface area contributed by atoms with Crippen LogP contribution in [0, 0.1) is 17.1 Å². The molecule has 7 heteroatoms. The molecule has 0 aliphatic carbocycles. The smallest absolute Gasteiger partial charge is 0.229 e. The summed E-state index contributed by atoms with van der Waals surface area (Å²) in [4.78, 5) is 16.6. The molecule has 1 atom stereocenters. The standard InChI is InChI=1S/C22H20FN3O2S/c1-2-28-18-9-3-15(4-10-18)19-11-21(27)26-13-25(14-29-22(26)20(19)12-24)17-7-5-16(23)6-8-17/h3-10,19H,2,11,13-14H2,1H3/t19-/m0/s1. The fourth-order valence-corrected chi connectivity index (χ4v) is 4.79. The summed E-state index contributed by atoms with van der Waals surface area (Å²) in [5.41, 5.74) is 2.41. The zero-order valence-corrected chi connectivity index (χ0v) is 16.8. The van der Waals surface area contributed by atoms with E-state index in [4.69, 9.17) is 4.74 Å². The normalized spacial score (nSPS) is 19.1. The number of fused-ring (bicyclic) bond motifs is 1. The zero-order chi connectivity index (χ0) is 20.4. The Kier molecular flexibility index (Phi) is 5.45. The lowest BCUT2D eigenvalue weighted by Gasteiger charge is -2.42. The summed E-state index contributed by atoms with van der Waals surface area (Å²) in [6, 6.07) is 16.2. The third-order valence-corrected chi connectivity index (χ3v) is 6.23. The highest BCUT2D eigenvalue weighted by Crippen LogP contribution is 2.43. The van der Waals surface area contributed by atoms with Gasteiger partial charge in [0.05, 0.1) is 35.8 Å². The first-order valence-corrected chi connectivity index (χ1v) is 10.4. The molecule has 0 bridgehead atoms.